The Hall–Kier alpha value is -1.03. The van der Waals surface area contributed by atoms with E-state index >= 15 is 0 Å². The van der Waals surface area contributed by atoms with Gasteiger partial charge in [0.25, 0.3) is 0 Å². The highest BCUT2D eigenvalue weighted by Gasteiger charge is 2.16. The van der Waals surface area contributed by atoms with Gasteiger partial charge in [0.1, 0.15) is 0 Å². The molecule has 74 valence electrons. The lowest BCUT2D eigenvalue weighted by Gasteiger charge is -2.13. The standard InChI is InChI=1S/C9H17N3O/c1-11(2)5-4-10-8-6-9(13)12(3)7-8/h6,10H,4-5,7H2,1-3H3. The highest BCUT2D eigenvalue weighted by molar-refractivity contribution is 5.90. The van der Waals surface area contributed by atoms with Gasteiger partial charge in [-0.1, -0.05) is 0 Å². The first kappa shape index (κ1) is 10.1. The van der Waals surface area contributed by atoms with Crippen molar-refractivity contribution < 1.29 is 4.79 Å². The lowest BCUT2D eigenvalue weighted by atomic mass is 10.4. The van der Waals surface area contributed by atoms with Crippen molar-refractivity contribution in [2.24, 2.45) is 0 Å². The van der Waals surface area contributed by atoms with Crippen LogP contribution in [-0.2, 0) is 4.79 Å². The van der Waals surface area contributed by atoms with Gasteiger partial charge in [0, 0.05) is 31.9 Å². The molecule has 0 bridgehead atoms. The SMILES string of the molecule is CN(C)CCNC1=CC(=O)N(C)C1. The molecule has 1 rings (SSSR count). The summed E-state index contributed by atoms with van der Waals surface area (Å²) in [5.74, 6) is 0.0901. The molecule has 1 amide bonds. The van der Waals surface area contributed by atoms with Crippen LogP contribution in [-0.4, -0.2) is 56.5 Å². The molecule has 0 aromatic rings. The number of amides is 1. The normalized spacial score (nSPS) is 16.8. The molecule has 4 heteroatoms. The van der Waals surface area contributed by atoms with Crippen molar-refractivity contribution in [1.29, 1.82) is 0 Å². The van der Waals surface area contributed by atoms with Crippen LogP contribution >= 0.6 is 0 Å². The van der Waals surface area contributed by atoms with Crippen LogP contribution in [0.25, 0.3) is 0 Å². The van der Waals surface area contributed by atoms with Gasteiger partial charge in [-0.15, -0.1) is 0 Å². The third-order valence-electron chi connectivity index (χ3n) is 1.99. The van der Waals surface area contributed by atoms with Crippen LogP contribution in [0.1, 0.15) is 0 Å². The molecular formula is C9H17N3O. The molecule has 0 unspecified atom stereocenters. The van der Waals surface area contributed by atoms with E-state index in [-0.39, 0.29) is 5.91 Å². The van der Waals surface area contributed by atoms with Crippen molar-refractivity contribution in [1.82, 2.24) is 15.1 Å². The summed E-state index contributed by atoms with van der Waals surface area (Å²) >= 11 is 0. The van der Waals surface area contributed by atoms with Crippen LogP contribution in [0.3, 0.4) is 0 Å². The summed E-state index contributed by atoms with van der Waals surface area (Å²) in [5, 5.41) is 3.23. The molecule has 0 aliphatic carbocycles. The lowest BCUT2D eigenvalue weighted by molar-refractivity contribution is -0.123. The predicted molar refractivity (Wildman–Crippen MR) is 52.3 cm³/mol. The van der Waals surface area contributed by atoms with Gasteiger partial charge in [-0.25, -0.2) is 0 Å². The van der Waals surface area contributed by atoms with Crippen molar-refractivity contribution >= 4 is 5.91 Å². The molecule has 1 aliphatic heterocycles. The largest absolute Gasteiger partial charge is 0.385 e. The maximum atomic E-state index is 11.1. The van der Waals surface area contributed by atoms with Crippen molar-refractivity contribution in [3.8, 4) is 0 Å². The second-order valence-corrected chi connectivity index (χ2v) is 3.59. The fraction of sp³-hybridized carbons (Fsp3) is 0.667. The Morgan fingerprint density at radius 1 is 1.62 bits per heavy atom. The minimum absolute atomic E-state index is 0.0901. The van der Waals surface area contributed by atoms with Gasteiger partial charge >= 0.3 is 0 Å². The molecule has 13 heavy (non-hydrogen) atoms. The van der Waals surface area contributed by atoms with Crippen molar-refractivity contribution in [2.75, 3.05) is 40.8 Å². The van der Waals surface area contributed by atoms with E-state index in [1.54, 1.807) is 18.0 Å². The number of likely N-dealkylation sites (N-methyl/N-ethyl adjacent to an activating group) is 2. The second-order valence-electron chi connectivity index (χ2n) is 3.59. The molecule has 4 nitrogen and oxygen atoms in total. The molecule has 0 fully saturated rings. The highest BCUT2D eigenvalue weighted by Crippen LogP contribution is 2.04. The Morgan fingerprint density at radius 2 is 2.31 bits per heavy atom. The molecule has 1 aliphatic rings. The van der Waals surface area contributed by atoms with Crippen molar-refractivity contribution in [3.05, 3.63) is 11.8 Å². The first-order valence-electron chi connectivity index (χ1n) is 4.44. The number of hydrogen-bond acceptors (Lipinski definition) is 3. The molecule has 0 aromatic carbocycles. The van der Waals surface area contributed by atoms with Gasteiger partial charge < -0.3 is 15.1 Å². The smallest absolute Gasteiger partial charge is 0.248 e. The first-order chi connectivity index (χ1) is 6.09. The number of nitrogens with one attached hydrogen (secondary N) is 1. The Morgan fingerprint density at radius 3 is 2.77 bits per heavy atom. The number of rotatable bonds is 4. The highest BCUT2D eigenvalue weighted by atomic mass is 16.2. The molecule has 0 radical (unpaired) electrons. The number of carbonyl (C=O) groups is 1. The maximum absolute atomic E-state index is 11.1. The fourth-order valence-electron chi connectivity index (χ4n) is 1.19. The molecule has 1 heterocycles. The monoisotopic (exact) mass is 183 g/mol. The second kappa shape index (κ2) is 4.28. The topological polar surface area (TPSA) is 35.6 Å². The summed E-state index contributed by atoms with van der Waals surface area (Å²) in [5.41, 5.74) is 1.02. The Bertz CT molecular complexity index is 223. The van der Waals surface area contributed by atoms with Crippen LogP contribution in [0, 0.1) is 0 Å². The van der Waals surface area contributed by atoms with E-state index in [9.17, 15) is 4.79 Å². The zero-order valence-electron chi connectivity index (χ0n) is 8.50. The number of carbonyl (C=O) groups excluding carboxylic acids is 1. The van der Waals surface area contributed by atoms with Gasteiger partial charge in [0.15, 0.2) is 0 Å². The van der Waals surface area contributed by atoms with E-state index < -0.39 is 0 Å². The third kappa shape index (κ3) is 3.06. The Labute approximate surface area is 79.2 Å². The summed E-state index contributed by atoms with van der Waals surface area (Å²) in [6.45, 7) is 2.58. The van der Waals surface area contributed by atoms with E-state index in [0.717, 1.165) is 18.8 Å². The third-order valence-corrected chi connectivity index (χ3v) is 1.99. The molecule has 0 aromatic heterocycles. The van der Waals surface area contributed by atoms with E-state index in [2.05, 4.69) is 10.2 Å². The van der Waals surface area contributed by atoms with Crippen LogP contribution < -0.4 is 5.32 Å². The first-order valence-corrected chi connectivity index (χ1v) is 4.44. The molecular weight excluding hydrogens is 166 g/mol. The Balaban J connectivity index is 2.24. The summed E-state index contributed by atoms with van der Waals surface area (Å²) in [6, 6.07) is 0. The van der Waals surface area contributed by atoms with Gasteiger partial charge in [-0.3, -0.25) is 4.79 Å². The molecule has 0 saturated heterocycles. The molecule has 0 saturated carbocycles. The van der Waals surface area contributed by atoms with E-state index in [1.165, 1.54) is 0 Å². The maximum Gasteiger partial charge on any atom is 0.248 e. The summed E-state index contributed by atoms with van der Waals surface area (Å²) in [7, 11) is 5.86. The average molecular weight is 183 g/mol. The Kier molecular flexibility index (Phi) is 3.31. The van der Waals surface area contributed by atoms with Gasteiger partial charge in [0.05, 0.1) is 6.54 Å². The summed E-state index contributed by atoms with van der Waals surface area (Å²) in [6.07, 6.45) is 1.66. The minimum atomic E-state index is 0.0901. The van der Waals surface area contributed by atoms with Gasteiger partial charge in [-0.2, -0.15) is 0 Å². The minimum Gasteiger partial charge on any atom is -0.385 e. The predicted octanol–water partition coefficient (Wildman–Crippen LogP) is -0.506. The summed E-state index contributed by atoms with van der Waals surface area (Å²) in [4.78, 5) is 14.9. The number of hydrogen-bond donors (Lipinski definition) is 1. The zero-order valence-corrected chi connectivity index (χ0v) is 8.50. The molecule has 0 spiro atoms. The van der Waals surface area contributed by atoms with E-state index in [4.69, 9.17) is 0 Å². The zero-order chi connectivity index (χ0) is 9.84. The fourth-order valence-corrected chi connectivity index (χ4v) is 1.19. The average Bonchev–Trinajstić information content (AvgIpc) is 2.30. The van der Waals surface area contributed by atoms with E-state index in [1.807, 2.05) is 14.1 Å². The molecule has 1 N–H and O–H groups in total. The van der Waals surface area contributed by atoms with Crippen LogP contribution in [0.15, 0.2) is 11.8 Å². The van der Waals surface area contributed by atoms with Crippen LogP contribution in [0.5, 0.6) is 0 Å². The van der Waals surface area contributed by atoms with Gasteiger partial charge in [-0.05, 0) is 14.1 Å². The lowest BCUT2D eigenvalue weighted by Crippen LogP contribution is -2.28. The number of nitrogens with zero attached hydrogens (tertiary/aromatic N) is 2. The van der Waals surface area contributed by atoms with Crippen LogP contribution in [0.4, 0.5) is 0 Å². The van der Waals surface area contributed by atoms with E-state index in [0.29, 0.717) is 6.54 Å². The quantitative estimate of drug-likeness (QED) is 0.638. The van der Waals surface area contributed by atoms with Gasteiger partial charge in [0.2, 0.25) is 5.91 Å². The summed E-state index contributed by atoms with van der Waals surface area (Å²) < 4.78 is 0. The van der Waals surface area contributed by atoms with Crippen molar-refractivity contribution in [2.45, 2.75) is 0 Å². The van der Waals surface area contributed by atoms with Crippen LogP contribution in [0.2, 0.25) is 0 Å². The van der Waals surface area contributed by atoms with Crippen molar-refractivity contribution in [3.63, 3.8) is 0 Å². The molecule has 0 atom stereocenters.